The molecule has 0 aromatic carbocycles. The fourth-order valence-corrected chi connectivity index (χ4v) is 6.99. The van der Waals surface area contributed by atoms with Gasteiger partial charge in [-0.15, -0.1) is 0 Å². The summed E-state index contributed by atoms with van der Waals surface area (Å²) in [6.45, 7) is 0.296. The van der Waals surface area contributed by atoms with Crippen molar-refractivity contribution < 1.29 is 114 Å². The third-order valence-corrected chi connectivity index (χ3v) is 9.94. The van der Waals surface area contributed by atoms with Crippen LogP contribution in [0.4, 0.5) is 0 Å². The molecule has 56 heavy (non-hydrogen) atoms. The van der Waals surface area contributed by atoms with E-state index in [-0.39, 0.29) is 0 Å². The minimum absolute atomic E-state index is 0.785. The predicted octanol–water partition coefficient (Wildman–Crippen LogP) is -9.23. The smallest absolute Gasteiger partial charge is 0.364 e. The molecule has 0 spiro atoms. The Bertz CT molecular complexity index is 1330. The Morgan fingerprint density at radius 2 is 1.30 bits per heavy atom. The highest BCUT2D eigenvalue weighted by Crippen LogP contribution is 2.39. The third-order valence-electron chi connectivity index (χ3n) is 9.94. The Morgan fingerprint density at radius 1 is 0.732 bits per heavy atom. The molecular formula is C31H52N2O23. The zero-order chi connectivity index (χ0) is 42.0. The lowest BCUT2D eigenvalue weighted by Crippen LogP contribution is -2.71. The van der Waals surface area contributed by atoms with Crippen LogP contribution < -0.4 is 10.6 Å². The van der Waals surface area contributed by atoms with Crippen molar-refractivity contribution in [3.8, 4) is 0 Å². The lowest BCUT2D eigenvalue weighted by Gasteiger charge is -2.51. The maximum atomic E-state index is 12.9. The summed E-state index contributed by atoms with van der Waals surface area (Å²) in [5.41, 5.74) is 0. The highest BCUT2D eigenvalue weighted by Gasteiger charge is 2.60. The molecule has 0 bridgehead atoms. The minimum Gasteiger partial charge on any atom is -0.477 e. The summed E-state index contributed by atoms with van der Waals surface area (Å²) in [6, 6.07) is -3.27. The zero-order valence-electron chi connectivity index (χ0n) is 30.3. The fraction of sp³-hybridized carbons (Fsp3) is 0.903. The average molecular weight is 821 g/mol. The van der Waals surface area contributed by atoms with Crippen LogP contribution in [-0.4, -0.2) is 232 Å². The van der Waals surface area contributed by atoms with Gasteiger partial charge in [-0.25, -0.2) is 4.79 Å². The first-order valence-corrected chi connectivity index (χ1v) is 17.6. The first-order chi connectivity index (χ1) is 26.2. The van der Waals surface area contributed by atoms with Gasteiger partial charge in [-0.2, -0.15) is 0 Å². The Kier molecular flexibility index (Phi) is 15.8. The van der Waals surface area contributed by atoms with Crippen LogP contribution in [0, 0.1) is 0 Å². The second-order valence-corrected chi connectivity index (χ2v) is 14.0. The zero-order valence-corrected chi connectivity index (χ0v) is 30.3. The number of ether oxygens (including phenoxy) is 7. The summed E-state index contributed by atoms with van der Waals surface area (Å²) in [5, 5.41) is 142. The van der Waals surface area contributed by atoms with Crippen molar-refractivity contribution >= 4 is 17.8 Å². The molecule has 0 radical (unpaired) electrons. The van der Waals surface area contributed by atoms with E-state index in [1.54, 1.807) is 0 Å². The van der Waals surface area contributed by atoms with Gasteiger partial charge >= 0.3 is 5.97 Å². The van der Waals surface area contributed by atoms with Crippen LogP contribution in [0.3, 0.4) is 0 Å². The summed E-state index contributed by atoms with van der Waals surface area (Å²) in [7, 11) is 0. The van der Waals surface area contributed by atoms with Crippen LogP contribution in [0.1, 0.15) is 27.2 Å². The summed E-state index contributed by atoms with van der Waals surface area (Å²) >= 11 is 0. The second-order valence-electron chi connectivity index (χ2n) is 14.0. The van der Waals surface area contributed by atoms with E-state index in [2.05, 4.69) is 10.6 Å². The Hall–Kier alpha value is -2.35. The molecule has 324 valence electrons. The van der Waals surface area contributed by atoms with Crippen LogP contribution >= 0.6 is 0 Å². The number of hydrogen-bond donors (Lipinski definition) is 15. The first kappa shape index (κ1) is 46.3. The van der Waals surface area contributed by atoms with Gasteiger partial charge in [-0.1, -0.05) is 0 Å². The van der Waals surface area contributed by atoms with Gasteiger partial charge in [-0.3, -0.25) is 9.59 Å². The molecule has 4 aliphatic heterocycles. The third kappa shape index (κ3) is 9.74. The highest BCUT2D eigenvalue weighted by molar-refractivity contribution is 5.76. The molecule has 0 aromatic rings. The summed E-state index contributed by atoms with van der Waals surface area (Å²) in [4.78, 5) is 37.0. The molecule has 4 rings (SSSR count). The van der Waals surface area contributed by atoms with E-state index >= 15 is 0 Å². The Labute approximate surface area is 317 Å². The number of aliphatic hydroxyl groups is 12. The molecule has 4 fully saturated rings. The standard InChI is InChI=1S/C31H52N2O23/c1-8-17(41)20(44)21(45)28(50-8)53-23-14(7-36)51-27(47)16(33-10(3)38)25(23)54-29-22(46)26(19(43)13(6-35)52-29)56-31(30(48)49)4-11(39)15(32-9(2)37)24(55-31)18(42)12(40)5-34/h8,11-29,34-36,39-47H,4-7H2,1-3H3,(H,32,37)(H,33,38)(H,48,49)/t8?,11?,12-,13?,14?,15?,16?,17?,18-,19?,20?,21?,22?,23?,24?,25?,26?,27?,28?,29?,31?/m0/s1. The normalized spacial score (nSPS) is 45.7. The number of hydrogen-bond acceptors (Lipinski definition) is 22. The van der Waals surface area contributed by atoms with Gasteiger partial charge in [0.05, 0.1) is 38.1 Å². The summed E-state index contributed by atoms with van der Waals surface area (Å²) < 4.78 is 39.7. The topological polar surface area (TPSA) is 403 Å². The monoisotopic (exact) mass is 820 g/mol. The lowest BCUT2D eigenvalue weighted by atomic mass is 9.88. The van der Waals surface area contributed by atoms with Crippen molar-refractivity contribution in [3.05, 3.63) is 0 Å². The van der Waals surface area contributed by atoms with Gasteiger partial charge in [0.1, 0.15) is 85.4 Å². The van der Waals surface area contributed by atoms with E-state index in [1.165, 1.54) is 6.92 Å². The second kappa shape index (κ2) is 19.1. The minimum atomic E-state index is -3.12. The molecule has 21 atom stereocenters. The molecule has 2 amide bonds. The molecule has 25 nitrogen and oxygen atoms in total. The van der Waals surface area contributed by atoms with E-state index < -0.39 is 172 Å². The molecule has 0 aliphatic carbocycles. The maximum Gasteiger partial charge on any atom is 0.364 e. The van der Waals surface area contributed by atoms with Crippen molar-refractivity contribution in [1.82, 2.24) is 10.6 Å². The molecule has 4 saturated heterocycles. The van der Waals surface area contributed by atoms with Gasteiger partial charge < -0.3 is 110 Å². The highest BCUT2D eigenvalue weighted by atomic mass is 16.8. The van der Waals surface area contributed by atoms with Crippen molar-refractivity contribution in [1.29, 1.82) is 0 Å². The number of nitrogens with one attached hydrogen (secondary N) is 2. The van der Waals surface area contributed by atoms with Gasteiger partial charge in [0.25, 0.3) is 5.79 Å². The number of carbonyl (C=O) groups excluding carboxylic acids is 2. The van der Waals surface area contributed by atoms with Gasteiger partial charge in [-0.05, 0) is 6.92 Å². The number of amides is 2. The number of rotatable bonds is 14. The van der Waals surface area contributed by atoms with Crippen LogP contribution in [0.5, 0.6) is 0 Å². The van der Waals surface area contributed by atoms with E-state index in [0.717, 1.165) is 13.8 Å². The van der Waals surface area contributed by atoms with Crippen LogP contribution in [0.2, 0.25) is 0 Å². The number of carboxylic acids is 1. The number of carbonyl (C=O) groups is 3. The van der Waals surface area contributed by atoms with Crippen LogP contribution in [-0.2, 0) is 47.5 Å². The SMILES string of the molecule is CC(=O)NC1C(O)OC(CO)C(OC2OC(C)C(O)C(O)C2O)C1OC1OC(CO)C(O)C(OC2(C(=O)O)CC(O)C(NC(C)=O)C([C@@H](O)[C@@H](O)CO)O2)C1O. The van der Waals surface area contributed by atoms with E-state index in [4.69, 9.17) is 33.2 Å². The predicted molar refractivity (Wildman–Crippen MR) is 173 cm³/mol. The average Bonchev–Trinajstić information content (AvgIpc) is 3.14. The van der Waals surface area contributed by atoms with Gasteiger partial charge in [0.2, 0.25) is 11.8 Å². The van der Waals surface area contributed by atoms with Crippen molar-refractivity contribution in [3.63, 3.8) is 0 Å². The van der Waals surface area contributed by atoms with Gasteiger partial charge in [0, 0.05) is 20.3 Å². The first-order valence-electron chi connectivity index (χ1n) is 17.6. The van der Waals surface area contributed by atoms with Crippen molar-refractivity contribution in [2.75, 3.05) is 19.8 Å². The molecule has 4 heterocycles. The van der Waals surface area contributed by atoms with E-state index in [1.807, 2.05) is 0 Å². The molecule has 4 aliphatic rings. The molecular weight excluding hydrogens is 768 g/mol. The molecule has 25 heteroatoms. The van der Waals surface area contributed by atoms with E-state index in [9.17, 15) is 80.8 Å². The summed E-state index contributed by atoms with van der Waals surface area (Å²) in [5.74, 6) is -6.72. The van der Waals surface area contributed by atoms with Gasteiger partial charge in [0.15, 0.2) is 18.9 Å². The molecule has 0 aromatic heterocycles. The molecule has 15 N–H and O–H groups in total. The largest absolute Gasteiger partial charge is 0.477 e. The lowest BCUT2D eigenvalue weighted by molar-refractivity contribution is -0.389. The quantitative estimate of drug-likeness (QED) is 0.0773. The van der Waals surface area contributed by atoms with Crippen LogP contribution in [0.25, 0.3) is 0 Å². The number of aliphatic carboxylic acids is 1. The molecule has 0 saturated carbocycles. The summed E-state index contributed by atoms with van der Waals surface area (Å²) in [6.07, 6.45) is -35.2. The van der Waals surface area contributed by atoms with Crippen molar-refractivity contribution in [2.24, 2.45) is 0 Å². The fourth-order valence-electron chi connectivity index (χ4n) is 6.99. The number of carboxylic acid groups (broad SMARTS) is 1. The van der Waals surface area contributed by atoms with E-state index in [0.29, 0.717) is 0 Å². The van der Waals surface area contributed by atoms with Crippen LogP contribution in [0.15, 0.2) is 0 Å². The Morgan fingerprint density at radius 3 is 1.86 bits per heavy atom. The van der Waals surface area contributed by atoms with Crippen molar-refractivity contribution in [2.45, 2.75) is 155 Å². The maximum absolute atomic E-state index is 12.9. The Balaban J connectivity index is 1.72. The molecule has 19 unspecified atom stereocenters. The number of aliphatic hydroxyl groups excluding tert-OH is 12.